The molecular formula is C17H21N3O5S2. The fourth-order valence-corrected chi connectivity index (χ4v) is 4.90. The van der Waals surface area contributed by atoms with Crippen molar-refractivity contribution in [2.45, 2.75) is 28.7 Å². The molecule has 0 spiro atoms. The zero-order chi connectivity index (χ0) is 19.5. The number of nitrogens with two attached hydrogens (primary N) is 1. The molecule has 1 aromatic carbocycles. The van der Waals surface area contributed by atoms with Gasteiger partial charge in [-0.2, -0.15) is 0 Å². The van der Waals surface area contributed by atoms with Gasteiger partial charge in [-0.3, -0.25) is 4.98 Å². The number of aromatic nitrogens is 1. The summed E-state index contributed by atoms with van der Waals surface area (Å²) in [4.78, 5) is 3.92. The molecule has 2 heterocycles. The predicted octanol–water partition coefficient (Wildman–Crippen LogP) is 1.18. The van der Waals surface area contributed by atoms with E-state index in [0.29, 0.717) is 13.2 Å². The van der Waals surface area contributed by atoms with Crippen molar-refractivity contribution in [3.63, 3.8) is 0 Å². The molecule has 1 aliphatic heterocycles. The number of pyridine rings is 1. The highest BCUT2D eigenvalue weighted by Gasteiger charge is 2.30. The summed E-state index contributed by atoms with van der Waals surface area (Å²) in [6.07, 6.45) is 4.73. The highest BCUT2D eigenvalue weighted by atomic mass is 32.2. The first kappa shape index (κ1) is 19.9. The Hall–Kier alpha value is -1.85. The van der Waals surface area contributed by atoms with Crippen molar-refractivity contribution in [1.29, 1.82) is 0 Å². The van der Waals surface area contributed by atoms with Gasteiger partial charge in [0.25, 0.3) is 0 Å². The van der Waals surface area contributed by atoms with Crippen LogP contribution in [0, 0.1) is 5.92 Å². The van der Waals surface area contributed by atoms with Gasteiger partial charge in [-0.1, -0.05) is 6.07 Å². The quantitative estimate of drug-likeness (QED) is 0.734. The van der Waals surface area contributed by atoms with E-state index in [1.807, 2.05) is 6.07 Å². The second-order valence-corrected chi connectivity index (χ2v) is 9.63. The molecule has 10 heteroatoms. The highest BCUT2D eigenvalue weighted by molar-refractivity contribution is 7.89. The number of sulfonamides is 2. The van der Waals surface area contributed by atoms with Gasteiger partial charge in [-0.05, 0) is 54.7 Å². The Morgan fingerprint density at radius 3 is 2.22 bits per heavy atom. The minimum atomic E-state index is -3.89. The van der Waals surface area contributed by atoms with Crippen LogP contribution in [0.5, 0.6) is 0 Å². The number of primary sulfonamides is 1. The van der Waals surface area contributed by atoms with Crippen molar-refractivity contribution < 1.29 is 21.6 Å². The molecule has 0 bridgehead atoms. The van der Waals surface area contributed by atoms with Gasteiger partial charge in [-0.15, -0.1) is 0 Å². The Morgan fingerprint density at radius 2 is 1.67 bits per heavy atom. The Labute approximate surface area is 158 Å². The lowest BCUT2D eigenvalue weighted by Gasteiger charge is -2.31. The third-order valence-electron chi connectivity index (χ3n) is 4.53. The predicted molar refractivity (Wildman–Crippen MR) is 98.7 cm³/mol. The molecular weight excluding hydrogens is 390 g/mol. The number of hydrogen-bond acceptors (Lipinski definition) is 6. The van der Waals surface area contributed by atoms with Crippen LogP contribution < -0.4 is 9.86 Å². The van der Waals surface area contributed by atoms with Crippen molar-refractivity contribution in [2.24, 2.45) is 11.1 Å². The van der Waals surface area contributed by atoms with E-state index in [1.54, 1.807) is 18.5 Å². The topological polar surface area (TPSA) is 128 Å². The molecule has 8 nitrogen and oxygen atoms in total. The van der Waals surface area contributed by atoms with Crippen LogP contribution in [0.25, 0.3) is 0 Å². The van der Waals surface area contributed by atoms with Crippen molar-refractivity contribution in [2.75, 3.05) is 13.2 Å². The summed E-state index contributed by atoms with van der Waals surface area (Å²) in [5.74, 6) is 0.0708. The van der Waals surface area contributed by atoms with Crippen molar-refractivity contribution in [3.8, 4) is 0 Å². The van der Waals surface area contributed by atoms with Gasteiger partial charge in [-0.25, -0.2) is 26.7 Å². The first-order valence-corrected chi connectivity index (χ1v) is 11.4. The second kappa shape index (κ2) is 8.03. The first-order chi connectivity index (χ1) is 12.8. The highest BCUT2D eigenvalue weighted by Crippen LogP contribution is 2.31. The van der Waals surface area contributed by atoms with Crippen LogP contribution in [0.2, 0.25) is 0 Å². The largest absolute Gasteiger partial charge is 0.381 e. The lowest BCUT2D eigenvalue weighted by atomic mass is 9.88. The summed E-state index contributed by atoms with van der Waals surface area (Å²) < 4.78 is 56.6. The van der Waals surface area contributed by atoms with E-state index in [9.17, 15) is 16.8 Å². The monoisotopic (exact) mass is 411 g/mol. The van der Waals surface area contributed by atoms with E-state index in [1.165, 1.54) is 24.3 Å². The summed E-state index contributed by atoms with van der Waals surface area (Å²) in [7, 11) is -7.76. The summed E-state index contributed by atoms with van der Waals surface area (Å²) in [5.41, 5.74) is 0.772. The van der Waals surface area contributed by atoms with E-state index >= 15 is 0 Å². The van der Waals surface area contributed by atoms with Crippen molar-refractivity contribution in [3.05, 3.63) is 54.4 Å². The Balaban J connectivity index is 1.89. The van der Waals surface area contributed by atoms with Gasteiger partial charge in [0.05, 0.1) is 15.8 Å². The normalized spacial score (nSPS) is 17.5. The van der Waals surface area contributed by atoms with E-state index in [0.717, 1.165) is 18.4 Å². The van der Waals surface area contributed by atoms with Crippen molar-refractivity contribution >= 4 is 20.0 Å². The zero-order valence-electron chi connectivity index (χ0n) is 14.5. The van der Waals surface area contributed by atoms with Crippen LogP contribution in [0.4, 0.5) is 0 Å². The number of nitrogens with one attached hydrogen (secondary N) is 1. The lowest BCUT2D eigenvalue weighted by molar-refractivity contribution is 0.0564. The van der Waals surface area contributed by atoms with Crippen LogP contribution in [0.15, 0.2) is 58.6 Å². The average molecular weight is 412 g/mol. The summed E-state index contributed by atoms with van der Waals surface area (Å²) in [5, 5.41) is 5.06. The Bertz CT molecular complexity index is 971. The van der Waals surface area contributed by atoms with Gasteiger partial charge in [0.2, 0.25) is 20.0 Å². The molecule has 1 saturated heterocycles. The number of ether oxygens (including phenoxy) is 1. The summed E-state index contributed by atoms with van der Waals surface area (Å²) in [6, 6.07) is 7.95. The average Bonchev–Trinajstić information content (AvgIpc) is 2.67. The Kier molecular flexibility index (Phi) is 5.92. The molecule has 3 rings (SSSR count). The number of benzene rings is 1. The molecule has 0 radical (unpaired) electrons. The van der Waals surface area contributed by atoms with Gasteiger partial charge < -0.3 is 4.74 Å². The van der Waals surface area contributed by atoms with E-state index < -0.39 is 26.1 Å². The first-order valence-electron chi connectivity index (χ1n) is 8.40. The molecule has 1 fully saturated rings. The van der Waals surface area contributed by atoms with E-state index in [2.05, 4.69) is 9.71 Å². The van der Waals surface area contributed by atoms with E-state index in [4.69, 9.17) is 9.88 Å². The van der Waals surface area contributed by atoms with Gasteiger partial charge in [0.1, 0.15) is 0 Å². The second-order valence-electron chi connectivity index (χ2n) is 6.35. The molecule has 3 N–H and O–H groups in total. The molecule has 1 unspecified atom stereocenters. The number of rotatable bonds is 6. The maximum absolute atomic E-state index is 12.9. The standard InChI is InChI=1S/C17H21N3O5S2/c18-26(21,22)15-3-5-16(6-4-15)27(23,24)20-17(13-7-10-25-11-8-13)14-2-1-9-19-12-14/h1-6,9,12-13,17,20H,7-8,10-11H2,(H2,18,21,22). The summed E-state index contributed by atoms with van der Waals surface area (Å²) >= 11 is 0. The zero-order valence-corrected chi connectivity index (χ0v) is 16.1. The third kappa shape index (κ3) is 4.90. The minimum Gasteiger partial charge on any atom is -0.381 e. The van der Waals surface area contributed by atoms with E-state index in [-0.39, 0.29) is 15.7 Å². The maximum Gasteiger partial charge on any atom is 0.241 e. The lowest BCUT2D eigenvalue weighted by Crippen LogP contribution is -2.36. The smallest absolute Gasteiger partial charge is 0.241 e. The molecule has 146 valence electrons. The molecule has 2 aromatic rings. The van der Waals surface area contributed by atoms with Crippen LogP contribution in [-0.4, -0.2) is 35.0 Å². The molecule has 0 amide bonds. The SMILES string of the molecule is NS(=O)(=O)c1ccc(S(=O)(=O)NC(c2cccnc2)C2CCOCC2)cc1. The fourth-order valence-electron chi connectivity index (χ4n) is 3.09. The van der Waals surface area contributed by atoms with Crippen LogP contribution in [-0.2, 0) is 24.8 Å². The molecule has 1 aliphatic rings. The maximum atomic E-state index is 12.9. The number of nitrogens with zero attached hydrogens (tertiary/aromatic N) is 1. The third-order valence-corrected chi connectivity index (χ3v) is 6.91. The van der Waals surface area contributed by atoms with Gasteiger partial charge in [0.15, 0.2) is 0 Å². The molecule has 27 heavy (non-hydrogen) atoms. The Morgan fingerprint density at radius 1 is 1.04 bits per heavy atom. The van der Waals surface area contributed by atoms with Gasteiger partial charge >= 0.3 is 0 Å². The minimum absolute atomic E-state index is 0.0316. The molecule has 1 atom stereocenters. The fraction of sp³-hybridized carbons (Fsp3) is 0.353. The van der Waals surface area contributed by atoms with Crippen LogP contribution in [0.1, 0.15) is 24.4 Å². The summed E-state index contributed by atoms with van der Waals surface area (Å²) in [6.45, 7) is 1.15. The van der Waals surface area contributed by atoms with Crippen LogP contribution in [0.3, 0.4) is 0 Å². The number of hydrogen-bond donors (Lipinski definition) is 2. The molecule has 0 aliphatic carbocycles. The molecule has 1 aromatic heterocycles. The van der Waals surface area contributed by atoms with Gasteiger partial charge in [0, 0.05) is 25.6 Å². The van der Waals surface area contributed by atoms with Crippen molar-refractivity contribution in [1.82, 2.24) is 9.71 Å². The van der Waals surface area contributed by atoms with Crippen LogP contribution >= 0.6 is 0 Å². The molecule has 0 saturated carbocycles.